The zero-order chi connectivity index (χ0) is 13.5. The number of carboxylic acids is 1. The van der Waals surface area contributed by atoms with Crippen LogP contribution in [0.2, 0.25) is 0 Å². The molecule has 1 aliphatic rings. The Balaban J connectivity index is 0.000000325. The number of piperidine rings is 1. The van der Waals surface area contributed by atoms with Crippen molar-refractivity contribution in [1.82, 2.24) is 10.6 Å². The highest BCUT2D eigenvalue weighted by Crippen LogP contribution is 2.13. The van der Waals surface area contributed by atoms with Crippen LogP contribution in [0.3, 0.4) is 0 Å². The van der Waals surface area contributed by atoms with Gasteiger partial charge in [0.1, 0.15) is 0 Å². The molecule has 1 heterocycles. The summed E-state index contributed by atoms with van der Waals surface area (Å²) in [6, 6.07) is -0.120. The highest BCUT2D eigenvalue weighted by atomic mass is 19.4. The molecule has 0 atom stereocenters. The third-order valence-corrected chi connectivity index (χ3v) is 1.93. The highest BCUT2D eigenvalue weighted by molar-refractivity contribution is 5.73. The molecule has 1 fully saturated rings. The normalized spacial score (nSPS) is 16.6. The topological polar surface area (TPSA) is 104 Å². The van der Waals surface area contributed by atoms with Crippen molar-refractivity contribution >= 4 is 12.0 Å². The summed E-state index contributed by atoms with van der Waals surface area (Å²) in [4.78, 5) is 19.3. The van der Waals surface area contributed by atoms with Crippen molar-refractivity contribution in [3.63, 3.8) is 0 Å². The zero-order valence-electron chi connectivity index (χ0n) is 8.88. The van der Waals surface area contributed by atoms with Crippen LogP contribution in [0.5, 0.6) is 0 Å². The Kier molecular flexibility index (Phi) is 6.33. The van der Waals surface area contributed by atoms with Gasteiger partial charge in [0, 0.05) is 6.04 Å². The van der Waals surface area contributed by atoms with Crippen molar-refractivity contribution in [1.29, 1.82) is 0 Å². The number of carbonyl (C=O) groups is 2. The lowest BCUT2D eigenvalue weighted by molar-refractivity contribution is -0.192. The van der Waals surface area contributed by atoms with E-state index in [1.165, 1.54) is 0 Å². The van der Waals surface area contributed by atoms with E-state index >= 15 is 0 Å². The number of rotatable bonds is 1. The number of carbonyl (C=O) groups excluding carboxylic acids is 1. The van der Waals surface area contributed by atoms with E-state index in [-0.39, 0.29) is 0 Å². The summed E-state index contributed by atoms with van der Waals surface area (Å²) in [5.74, 6) is -2.76. The number of nitrogens with one attached hydrogen (secondary N) is 2. The molecule has 5 N–H and O–H groups in total. The van der Waals surface area contributed by atoms with Crippen molar-refractivity contribution in [2.75, 3.05) is 13.1 Å². The number of hydrogen-bond donors (Lipinski definition) is 4. The number of carboxylic acid groups (broad SMARTS) is 1. The van der Waals surface area contributed by atoms with E-state index in [9.17, 15) is 18.0 Å². The van der Waals surface area contributed by atoms with Gasteiger partial charge in [-0.15, -0.1) is 0 Å². The lowest BCUT2D eigenvalue weighted by Gasteiger charge is -2.22. The minimum atomic E-state index is -5.08. The van der Waals surface area contributed by atoms with Crippen molar-refractivity contribution in [2.24, 2.45) is 5.73 Å². The number of hydrogen-bond acceptors (Lipinski definition) is 3. The van der Waals surface area contributed by atoms with Gasteiger partial charge in [-0.2, -0.15) is 13.2 Å². The van der Waals surface area contributed by atoms with Gasteiger partial charge in [-0.3, -0.25) is 0 Å². The summed E-state index contributed by atoms with van der Waals surface area (Å²) in [7, 11) is 0. The van der Waals surface area contributed by atoms with Crippen LogP contribution in [-0.2, 0) is 4.79 Å². The van der Waals surface area contributed by atoms with Crippen molar-refractivity contribution < 1.29 is 27.9 Å². The van der Waals surface area contributed by atoms with Gasteiger partial charge in [0.05, 0.1) is 0 Å². The summed E-state index contributed by atoms with van der Waals surface area (Å²) >= 11 is 0. The molecule has 0 aliphatic carbocycles. The highest BCUT2D eigenvalue weighted by Gasteiger charge is 2.38. The maximum Gasteiger partial charge on any atom is 0.490 e. The van der Waals surface area contributed by atoms with Crippen LogP contribution in [-0.4, -0.2) is 42.4 Å². The molecule has 2 amide bonds. The Bertz CT molecular complexity index is 264. The molecule has 100 valence electrons. The smallest absolute Gasteiger partial charge is 0.475 e. The molecule has 1 aliphatic heterocycles. The van der Waals surface area contributed by atoms with Crippen LogP contribution in [0.4, 0.5) is 18.0 Å². The SMILES string of the molecule is NC(=O)NC1CCNCC1.O=C(O)C(F)(F)F. The van der Waals surface area contributed by atoms with Gasteiger partial charge in [-0.25, -0.2) is 9.59 Å². The molecule has 1 rings (SSSR count). The van der Waals surface area contributed by atoms with Gasteiger partial charge in [0.15, 0.2) is 0 Å². The van der Waals surface area contributed by atoms with E-state index in [0.717, 1.165) is 25.9 Å². The maximum atomic E-state index is 10.6. The molecule has 9 heteroatoms. The predicted octanol–water partition coefficient (Wildman–Crippen LogP) is 0.0400. The fourth-order valence-corrected chi connectivity index (χ4v) is 1.17. The second-order valence-corrected chi connectivity index (χ2v) is 3.34. The number of halogens is 3. The average Bonchev–Trinajstić information content (AvgIpc) is 2.17. The summed E-state index contributed by atoms with van der Waals surface area (Å²) in [5, 5.41) is 13.0. The van der Waals surface area contributed by atoms with E-state index in [0.29, 0.717) is 6.04 Å². The fraction of sp³-hybridized carbons (Fsp3) is 0.750. The molecular weight excluding hydrogens is 243 g/mol. The lowest BCUT2D eigenvalue weighted by atomic mass is 10.1. The Labute approximate surface area is 95.3 Å². The first-order valence-corrected chi connectivity index (χ1v) is 4.80. The molecule has 0 saturated carbocycles. The van der Waals surface area contributed by atoms with Crippen LogP contribution in [0.15, 0.2) is 0 Å². The van der Waals surface area contributed by atoms with E-state index in [1.807, 2.05) is 0 Å². The van der Waals surface area contributed by atoms with E-state index in [2.05, 4.69) is 10.6 Å². The minimum absolute atomic E-state index is 0.291. The summed E-state index contributed by atoms with van der Waals surface area (Å²) in [6.07, 6.45) is -3.11. The van der Waals surface area contributed by atoms with Gasteiger partial charge in [-0.05, 0) is 25.9 Å². The Hall–Kier alpha value is -1.51. The van der Waals surface area contributed by atoms with Crippen molar-refractivity contribution in [3.05, 3.63) is 0 Å². The largest absolute Gasteiger partial charge is 0.490 e. The second-order valence-electron chi connectivity index (χ2n) is 3.34. The standard InChI is InChI=1S/C6H13N3O.C2HF3O2/c7-6(10)9-5-1-3-8-4-2-5;3-2(4,5)1(6)7/h5,8H,1-4H2,(H3,7,9,10);(H,6,7). The first-order chi connectivity index (χ1) is 7.73. The number of amides is 2. The van der Waals surface area contributed by atoms with Crippen molar-refractivity contribution in [3.8, 4) is 0 Å². The average molecular weight is 257 g/mol. The first-order valence-electron chi connectivity index (χ1n) is 4.80. The lowest BCUT2D eigenvalue weighted by Crippen LogP contribution is -2.44. The molecule has 0 radical (unpaired) electrons. The molecule has 0 aromatic carbocycles. The van der Waals surface area contributed by atoms with Crippen LogP contribution in [0.25, 0.3) is 0 Å². The maximum absolute atomic E-state index is 10.6. The summed E-state index contributed by atoms with van der Waals surface area (Å²) in [5.41, 5.74) is 4.95. The third kappa shape index (κ3) is 8.31. The molecule has 0 unspecified atom stereocenters. The number of primary amides is 1. The number of aliphatic carboxylic acids is 1. The number of alkyl halides is 3. The van der Waals surface area contributed by atoms with Gasteiger partial charge in [0.25, 0.3) is 0 Å². The second kappa shape index (κ2) is 6.94. The van der Waals surface area contributed by atoms with Crippen LogP contribution < -0.4 is 16.4 Å². The Morgan fingerprint density at radius 3 is 2.00 bits per heavy atom. The molecule has 1 saturated heterocycles. The molecule has 0 spiro atoms. The van der Waals surface area contributed by atoms with E-state index in [1.54, 1.807) is 0 Å². The van der Waals surface area contributed by atoms with Gasteiger partial charge in [-0.1, -0.05) is 0 Å². The predicted molar refractivity (Wildman–Crippen MR) is 52.3 cm³/mol. The third-order valence-electron chi connectivity index (χ3n) is 1.93. The zero-order valence-corrected chi connectivity index (χ0v) is 8.88. The number of nitrogens with two attached hydrogens (primary N) is 1. The quantitative estimate of drug-likeness (QED) is 0.532. The van der Waals surface area contributed by atoms with Crippen LogP contribution in [0, 0.1) is 0 Å². The summed E-state index contributed by atoms with van der Waals surface area (Å²) < 4.78 is 31.7. The summed E-state index contributed by atoms with van der Waals surface area (Å²) in [6.45, 7) is 1.95. The van der Waals surface area contributed by atoms with Crippen LogP contribution >= 0.6 is 0 Å². The van der Waals surface area contributed by atoms with Crippen LogP contribution in [0.1, 0.15) is 12.8 Å². The molecule has 0 aromatic rings. The van der Waals surface area contributed by atoms with Gasteiger partial charge < -0.3 is 21.5 Å². The van der Waals surface area contributed by atoms with E-state index < -0.39 is 18.2 Å². The molecule has 17 heavy (non-hydrogen) atoms. The van der Waals surface area contributed by atoms with Gasteiger partial charge in [0.2, 0.25) is 0 Å². The molecule has 0 bridgehead atoms. The Morgan fingerprint density at radius 1 is 1.29 bits per heavy atom. The monoisotopic (exact) mass is 257 g/mol. The molecule has 0 aromatic heterocycles. The first kappa shape index (κ1) is 15.5. The van der Waals surface area contributed by atoms with Crippen molar-refractivity contribution in [2.45, 2.75) is 25.1 Å². The number of urea groups is 1. The molecular formula is C8H14F3N3O3. The van der Waals surface area contributed by atoms with E-state index in [4.69, 9.17) is 15.6 Å². The molecule has 6 nitrogen and oxygen atoms in total. The minimum Gasteiger partial charge on any atom is -0.475 e. The van der Waals surface area contributed by atoms with Gasteiger partial charge >= 0.3 is 18.2 Å². The fourth-order valence-electron chi connectivity index (χ4n) is 1.17. The Morgan fingerprint density at radius 2 is 1.71 bits per heavy atom.